The number of benzene rings is 2. The molecule has 0 atom stereocenters. The summed E-state index contributed by atoms with van der Waals surface area (Å²) in [4.78, 5) is 36.5. The number of fused-ring (bicyclic) bond motifs is 2. The molecule has 1 aromatic heterocycles. The third-order valence-corrected chi connectivity index (χ3v) is 5.91. The average molecular weight is 509 g/mol. The Hall–Kier alpha value is -3.65. The van der Waals surface area contributed by atoms with Crippen LogP contribution in [-0.2, 0) is 4.79 Å². The zero-order chi connectivity index (χ0) is 25.5. The molecule has 1 aliphatic rings. The van der Waals surface area contributed by atoms with Crippen LogP contribution in [0.2, 0.25) is 5.02 Å². The maximum Gasteiger partial charge on any atom is 0.257 e. The lowest BCUT2D eigenvalue weighted by Crippen LogP contribution is -2.39. The van der Waals surface area contributed by atoms with Crippen molar-refractivity contribution >= 4 is 29.1 Å². The summed E-state index contributed by atoms with van der Waals surface area (Å²) in [5, 5.41) is 3.29. The maximum atomic E-state index is 13.3. The molecule has 1 aliphatic heterocycles. The van der Waals surface area contributed by atoms with Gasteiger partial charge in [-0.05, 0) is 49.6 Å². The third kappa shape index (κ3) is 6.51. The quantitative estimate of drug-likeness (QED) is 0.478. The Morgan fingerprint density at radius 3 is 2.53 bits per heavy atom. The molecular weight excluding hydrogens is 480 g/mol. The summed E-state index contributed by atoms with van der Waals surface area (Å²) >= 11 is 6.20. The van der Waals surface area contributed by atoms with Crippen LogP contribution in [0.15, 0.2) is 54.9 Å². The lowest BCUT2D eigenvalue weighted by Gasteiger charge is -2.22. The summed E-state index contributed by atoms with van der Waals surface area (Å²) in [6.07, 6.45) is 5.37. The fourth-order valence-corrected chi connectivity index (χ4v) is 3.94. The number of amides is 2. The number of rotatable bonds is 2. The van der Waals surface area contributed by atoms with Gasteiger partial charge in [-0.2, -0.15) is 0 Å². The van der Waals surface area contributed by atoms with Gasteiger partial charge in [0.2, 0.25) is 5.91 Å². The zero-order valence-electron chi connectivity index (χ0n) is 20.4. The smallest absolute Gasteiger partial charge is 0.257 e. The highest BCUT2D eigenvalue weighted by molar-refractivity contribution is 6.31. The molecule has 0 bridgehead atoms. The predicted molar refractivity (Wildman–Crippen MR) is 138 cm³/mol. The van der Waals surface area contributed by atoms with Crippen molar-refractivity contribution in [3.63, 3.8) is 0 Å². The number of carbonyl (C=O) groups excluding carboxylic acids is 2. The largest absolute Gasteiger partial charge is 0.490 e. The summed E-state index contributed by atoms with van der Waals surface area (Å²) in [6, 6.07) is 12.4. The molecule has 2 amide bonds. The van der Waals surface area contributed by atoms with Crippen LogP contribution >= 0.6 is 11.6 Å². The van der Waals surface area contributed by atoms with Crippen LogP contribution in [-0.4, -0.2) is 46.4 Å². The minimum Gasteiger partial charge on any atom is -0.490 e. The Morgan fingerprint density at radius 1 is 1.03 bits per heavy atom. The van der Waals surface area contributed by atoms with Gasteiger partial charge in [0.05, 0.1) is 17.9 Å². The number of para-hydroxylation sites is 2. The number of halogens is 1. The van der Waals surface area contributed by atoms with Crippen molar-refractivity contribution in [2.45, 2.75) is 39.0 Å². The average Bonchev–Trinajstić information content (AvgIpc) is 2.87. The van der Waals surface area contributed by atoms with E-state index in [0.717, 1.165) is 12.8 Å². The third-order valence-electron chi connectivity index (χ3n) is 5.67. The molecule has 4 rings (SSSR count). The molecule has 0 aliphatic carbocycles. The van der Waals surface area contributed by atoms with Gasteiger partial charge in [-0.3, -0.25) is 9.59 Å². The first kappa shape index (κ1) is 25.4. The first-order valence-electron chi connectivity index (χ1n) is 12.0. The van der Waals surface area contributed by atoms with E-state index >= 15 is 0 Å². The van der Waals surface area contributed by atoms with Crippen LogP contribution in [0.3, 0.4) is 0 Å². The number of ether oxygens (including phenoxy) is 2. The zero-order valence-corrected chi connectivity index (χ0v) is 21.1. The number of nitrogens with zero attached hydrogens (tertiary/aromatic N) is 3. The van der Waals surface area contributed by atoms with Crippen LogP contribution in [0.5, 0.6) is 17.2 Å². The van der Waals surface area contributed by atoms with Gasteiger partial charge in [0.1, 0.15) is 12.4 Å². The first-order chi connectivity index (χ1) is 17.4. The topological polar surface area (TPSA) is 93.7 Å². The molecular formula is C27H29ClN4O4. The van der Waals surface area contributed by atoms with Crippen molar-refractivity contribution in [2.24, 2.45) is 0 Å². The lowest BCUT2D eigenvalue weighted by molar-refractivity contribution is -0.116. The fraction of sp³-hybridized carbons (Fsp3) is 0.333. The number of aromatic nitrogens is 2. The molecule has 3 aromatic rings. The highest BCUT2D eigenvalue weighted by atomic mass is 35.5. The number of hydrogen-bond acceptors (Lipinski definition) is 6. The van der Waals surface area contributed by atoms with Crippen LogP contribution in [0, 0.1) is 0 Å². The Morgan fingerprint density at radius 2 is 1.78 bits per heavy atom. The van der Waals surface area contributed by atoms with Gasteiger partial charge >= 0.3 is 0 Å². The van der Waals surface area contributed by atoms with Crippen molar-refractivity contribution in [1.29, 1.82) is 0 Å². The van der Waals surface area contributed by atoms with Crippen molar-refractivity contribution in [1.82, 2.24) is 14.9 Å². The predicted octanol–water partition coefficient (Wildman–Crippen LogP) is 5.69. The standard InChI is InChI=1S/C27H29ClN4O4/c1-18(2)26-29-15-19(16-30-26)27(34)32-12-6-3-7-13-35-23-8-4-5-9-24(23)36-22-11-10-20(28)14-21(22)31-25(33)17-32/h4-5,8-11,14-16,18H,3,6-7,12-13,17H2,1-2H3,(H,31,33). The molecule has 0 radical (unpaired) electrons. The lowest BCUT2D eigenvalue weighted by atomic mass is 10.2. The highest BCUT2D eigenvalue weighted by Gasteiger charge is 2.21. The number of nitrogens with one attached hydrogen (secondary N) is 1. The molecule has 188 valence electrons. The second-order valence-electron chi connectivity index (χ2n) is 8.86. The van der Waals surface area contributed by atoms with E-state index in [9.17, 15) is 9.59 Å². The molecule has 0 spiro atoms. The van der Waals surface area contributed by atoms with Gasteiger partial charge in [-0.1, -0.05) is 37.6 Å². The van der Waals surface area contributed by atoms with Gasteiger partial charge in [0.25, 0.3) is 5.91 Å². The second kappa shape index (κ2) is 11.9. The summed E-state index contributed by atoms with van der Waals surface area (Å²) < 4.78 is 12.1. The first-order valence-corrected chi connectivity index (χ1v) is 12.4. The van der Waals surface area contributed by atoms with E-state index in [1.807, 2.05) is 32.0 Å². The minimum absolute atomic E-state index is 0.135. The molecule has 0 saturated carbocycles. The van der Waals surface area contributed by atoms with E-state index in [2.05, 4.69) is 15.3 Å². The van der Waals surface area contributed by atoms with Crippen LogP contribution in [0.25, 0.3) is 0 Å². The number of carbonyl (C=O) groups is 2. The molecule has 2 heterocycles. The van der Waals surface area contributed by atoms with Crippen LogP contribution in [0.4, 0.5) is 5.69 Å². The van der Waals surface area contributed by atoms with Gasteiger partial charge in [-0.25, -0.2) is 9.97 Å². The molecule has 0 fully saturated rings. The normalized spacial score (nSPS) is 14.9. The molecule has 1 N–H and O–H groups in total. The van der Waals surface area contributed by atoms with Gasteiger partial charge in [0, 0.05) is 29.9 Å². The van der Waals surface area contributed by atoms with Crippen molar-refractivity contribution in [2.75, 3.05) is 25.0 Å². The summed E-state index contributed by atoms with van der Waals surface area (Å²) in [7, 11) is 0. The van der Waals surface area contributed by atoms with E-state index in [1.54, 1.807) is 24.3 Å². The second-order valence-corrected chi connectivity index (χ2v) is 9.29. The molecule has 8 nitrogen and oxygen atoms in total. The Kier molecular flexibility index (Phi) is 8.38. The Labute approximate surface area is 215 Å². The summed E-state index contributed by atoms with van der Waals surface area (Å²) in [5.74, 6) is 1.71. The molecule has 0 saturated heterocycles. The van der Waals surface area contributed by atoms with Gasteiger partial charge in [-0.15, -0.1) is 0 Å². The summed E-state index contributed by atoms with van der Waals surface area (Å²) in [5.41, 5.74) is 0.741. The molecule has 0 unspecified atom stereocenters. The molecule has 2 aromatic carbocycles. The van der Waals surface area contributed by atoms with Crippen LogP contribution in [0.1, 0.15) is 55.2 Å². The summed E-state index contributed by atoms with van der Waals surface area (Å²) in [6.45, 7) is 4.75. The minimum atomic E-state index is -0.366. The molecule has 9 heteroatoms. The van der Waals surface area contributed by atoms with Crippen LogP contribution < -0.4 is 14.8 Å². The highest BCUT2D eigenvalue weighted by Crippen LogP contribution is 2.36. The maximum absolute atomic E-state index is 13.3. The number of hydrogen-bond donors (Lipinski definition) is 1. The monoisotopic (exact) mass is 508 g/mol. The van der Waals surface area contributed by atoms with E-state index in [-0.39, 0.29) is 24.3 Å². The SMILES string of the molecule is CC(C)c1ncc(C(=O)N2CCCCCOc3ccccc3Oc3ccc(Cl)cc3NC(=O)C2)cn1. The van der Waals surface area contributed by atoms with E-state index in [1.165, 1.54) is 17.3 Å². The Balaban J connectivity index is 1.59. The van der Waals surface area contributed by atoms with Crippen molar-refractivity contribution < 1.29 is 19.1 Å². The van der Waals surface area contributed by atoms with Gasteiger partial charge < -0.3 is 19.7 Å². The van der Waals surface area contributed by atoms with E-state index in [4.69, 9.17) is 21.1 Å². The molecule has 36 heavy (non-hydrogen) atoms. The fourth-order valence-electron chi connectivity index (χ4n) is 3.77. The van der Waals surface area contributed by atoms with E-state index in [0.29, 0.717) is 58.9 Å². The van der Waals surface area contributed by atoms with Gasteiger partial charge in [0.15, 0.2) is 17.2 Å². The Bertz CT molecular complexity index is 1220. The van der Waals surface area contributed by atoms with E-state index < -0.39 is 0 Å². The van der Waals surface area contributed by atoms with Crippen molar-refractivity contribution in [3.05, 3.63) is 71.3 Å². The number of anilines is 1. The van der Waals surface area contributed by atoms with Crippen molar-refractivity contribution in [3.8, 4) is 17.2 Å².